The van der Waals surface area contributed by atoms with Crippen LogP contribution >= 0.6 is 0 Å². The number of benzene rings is 1. The molecule has 0 aliphatic rings. The summed E-state index contributed by atoms with van der Waals surface area (Å²) >= 11 is 0. The van der Waals surface area contributed by atoms with Crippen molar-refractivity contribution in [2.75, 3.05) is 20.7 Å². The van der Waals surface area contributed by atoms with Crippen molar-refractivity contribution in [1.29, 1.82) is 0 Å². The Kier molecular flexibility index (Phi) is 5.71. The zero-order valence-corrected chi connectivity index (χ0v) is 13.2. The summed E-state index contributed by atoms with van der Waals surface area (Å²) in [5, 5.41) is 0. The number of carbonyl (C=O) groups is 1. The summed E-state index contributed by atoms with van der Waals surface area (Å²) < 4.78 is 30.6. The minimum absolute atomic E-state index is 0.212. The van der Waals surface area contributed by atoms with Crippen LogP contribution in [-0.4, -0.2) is 39.4 Å². The summed E-state index contributed by atoms with van der Waals surface area (Å²) in [5.41, 5.74) is 1.82. The number of rotatable bonds is 6. The number of ether oxygens (including phenoxy) is 1. The predicted octanol–water partition coefficient (Wildman–Crippen LogP) is 1.88. The smallest absolute Gasteiger partial charge is 0.305 e. The van der Waals surface area contributed by atoms with Gasteiger partial charge in [-0.1, -0.05) is 6.07 Å². The van der Waals surface area contributed by atoms with Gasteiger partial charge in [-0.05, 0) is 43.5 Å². The van der Waals surface area contributed by atoms with E-state index in [2.05, 4.69) is 4.74 Å². The number of esters is 1. The van der Waals surface area contributed by atoms with E-state index < -0.39 is 10.0 Å². The van der Waals surface area contributed by atoms with E-state index in [1.54, 1.807) is 12.1 Å². The Morgan fingerprint density at radius 3 is 2.25 bits per heavy atom. The van der Waals surface area contributed by atoms with Gasteiger partial charge in [-0.2, -0.15) is 0 Å². The predicted molar refractivity (Wildman–Crippen MR) is 77.0 cm³/mol. The van der Waals surface area contributed by atoms with Crippen molar-refractivity contribution < 1.29 is 17.9 Å². The molecule has 0 aliphatic heterocycles. The molecule has 0 heterocycles. The average molecular weight is 299 g/mol. The topological polar surface area (TPSA) is 63.7 Å². The van der Waals surface area contributed by atoms with Crippen LogP contribution in [0.1, 0.15) is 24.0 Å². The summed E-state index contributed by atoms with van der Waals surface area (Å²) in [6, 6.07) is 5.23. The number of aryl methyl sites for hydroxylation is 2. The third kappa shape index (κ3) is 4.31. The first kappa shape index (κ1) is 16.7. The molecule has 0 N–H and O–H groups in total. The van der Waals surface area contributed by atoms with Crippen molar-refractivity contribution in [3.05, 3.63) is 29.3 Å². The summed E-state index contributed by atoms with van der Waals surface area (Å²) in [7, 11) is -0.672. The molecule has 0 aliphatic carbocycles. The van der Waals surface area contributed by atoms with Crippen molar-refractivity contribution in [2.24, 2.45) is 0 Å². The van der Waals surface area contributed by atoms with Crippen LogP contribution in [0.3, 0.4) is 0 Å². The first-order valence-electron chi connectivity index (χ1n) is 6.39. The zero-order chi connectivity index (χ0) is 15.3. The van der Waals surface area contributed by atoms with Crippen LogP contribution in [0.25, 0.3) is 0 Å². The highest BCUT2D eigenvalue weighted by molar-refractivity contribution is 7.89. The van der Waals surface area contributed by atoms with E-state index in [9.17, 15) is 13.2 Å². The maximum atomic E-state index is 12.4. The number of methoxy groups -OCH3 is 1. The second-order valence-electron chi connectivity index (χ2n) is 4.83. The van der Waals surface area contributed by atoms with Crippen LogP contribution < -0.4 is 0 Å². The van der Waals surface area contributed by atoms with Crippen molar-refractivity contribution in [3.63, 3.8) is 0 Å². The van der Waals surface area contributed by atoms with E-state index in [0.717, 1.165) is 11.1 Å². The standard InChI is InChI=1S/C14H21NO4S/c1-11-8-12(2)10-13(9-11)20(17,18)15(3)7-5-6-14(16)19-4/h8-10H,5-7H2,1-4H3. The Labute approximate surface area is 120 Å². The Balaban J connectivity index is 2.79. The van der Waals surface area contributed by atoms with E-state index >= 15 is 0 Å². The fourth-order valence-corrected chi connectivity index (χ4v) is 3.33. The molecule has 0 saturated carbocycles. The van der Waals surface area contributed by atoms with Gasteiger partial charge in [-0.25, -0.2) is 12.7 Å². The van der Waals surface area contributed by atoms with Crippen LogP contribution in [0.5, 0.6) is 0 Å². The molecule has 0 aromatic heterocycles. The summed E-state index contributed by atoms with van der Waals surface area (Å²) in [4.78, 5) is 11.3. The van der Waals surface area contributed by atoms with Crippen molar-refractivity contribution >= 4 is 16.0 Å². The van der Waals surface area contributed by atoms with E-state index in [-0.39, 0.29) is 23.8 Å². The van der Waals surface area contributed by atoms with Gasteiger partial charge in [0.2, 0.25) is 10.0 Å². The second kappa shape index (κ2) is 6.85. The van der Waals surface area contributed by atoms with Gasteiger partial charge < -0.3 is 4.74 Å². The fourth-order valence-electron chi connectivity index (χ4n) is 1.93. The third-order valence-corrected chi connectivity index (χ3v) is 4.82. The Hall–Kier alpha value is -1.40. The number of nitrogens with zero attached hydrogens (tertiary/aromatic N) is 1. The molecule has 0 atom stereocenters. The Bertz CT molecular complexity index is 561. The summed E-state index contributed by atoms with van der Waals surface area (Å²) in [5.74, 6) is -0.331. The molecule has 0 amide bonds. The molecule has 112 valence electrons. The molecule has 0 unspecified atom stereocenters. The van der Waals surface area contributed by atoms with Gasteiger partial charge in [0.15, 0.2) is 0 Å². The minimum atomic E-state index is -3.51. The van der Waals surface area contributed by atoms with Crippen LogP contribution in [0, 0.1) is 13.8 Å². The Morgan fingerprint density at radius 1 is 1.20 bits per heavy atom. The molecule has 1 rings (SSSR count). The van der Waals surface area contributed by atoms with Gasteiger partial charge in [0.1, 0.15) is 0 Å². The Morgan fingerprint density at radius 2 is 1.75 bits per heavy atom. The molecule has 1 aromatic rings. The van der Waals surface area contributed by atoms with Crippen LogP contribution in [0.4, 0.5) is 0 Å². The van der Waals surface area contributed by atoms with E-state index in [1.807, 2.05) is 19.9 Å². The lowest BCUT2D eigenvalue weighted by Crippen LogP contribution is -2.28. The van der Waals surface area contributed by atoms with Gasteiger partial charge >= 0.3 is 5.97 Å². The largest absolute Gasteiger partial charge is 0.469 e. The number of hydrogen-bond acceptors (Lipinski definition) is 4. The van der Waals surface area contributed by atoms with E-state index in [1.165, 1.54) is 18.5 Å². The SMILES string of the molecule is COC(=O)CCCN(C)S(=O)(=O)c1cc(C)cc(C)c1. The summed E-state index contributed by atoms with van der Waals surface area (Å²) in [6.07, 6.45) is 0.649. The van der Waals surface area contributed by atoms with Crippen molar-refractivity contribution in [2.45, 2.75) is 31.6 Å². The quantitative estimate of drug-likeness (QED) is 0.752. The number of sulfonamides is 1. The van der Waals surface area contributed by atoms with Crippen molar-refractivity contribution in [1.82, 2.24) is 4.31 Å². The molecule has 0 spiro atoms. The molecule has 20 heavy (non-hydrogen) atoms. The lowest BCUT2D eigenvalue weighted by Gasteiger charge is -2.17. The minimum Gasteiger partial charge on any atom is -0.469 e. The second-order valence-corrected chi connectivity index (χ2v) is 6.87. The first-order chi connectivity index (χ1) is 9.27. The highest BCUT2D eigenvalue weighted by atomic mass is 32.2. The fraction of sp³-hybridized carbons (Fsp3) is 0.500. The number of hydrogen-bond donors (Lipinski definition) is 0. The lowest BCUT2D eigenvalue weighted by atomic mass is 10.2. The van der Waals surface area contributed by atoms with Gasteiger partial charge in [0.25, 0.3) is 0 Å². The molecule has 0 saturated heterocycles. The van der Waals surface area contributed by atoms with Crippen LogP contribution in [-0.2, 0) is 19.6 Å². The molecule has 6 heteroatoms. The van der Waals surface area contributed by atoms with Gasteiger partial charge in [0, 0.05) is 20.0 Å². The van der Waals surface area contributed by atoms with Crippen LogP contribution in [0.15, 0.2) is 23.1 Å². The van der Waals surface area contributed by atoms with Gasteiger partial charge in [-0.15, -0.1) is 0 Å². The average Bonchev–Trinajstić information content (AvgIpc) is 2.37. The molecular weight excluding hydrogens is 278 g/mol. The highest BCUT2D eigenvalue weighted by Gasteiger charge is 2.21. The maximum Gasteiger partial charge on any atom is 0.305 e. The molecule has 0 fully saturated rings. The first-order valence-corrected chi connectivity index (χ1v) is 7.83. The molecule has 1 aromatic carbocycles. The molecule has 0 radical (unpaired) electrons. The maximum absolute atomic E-state index is 12.4. The molecule has 0 bridgehead atoms. The normalized spacial score (nSPS) is 11.7. The van der Waals surface area contributed by atoms with Crippen molar-refractivity contribution in [3.8, 4) is 0 Å². The lowest BCUT2D eigenvalue weighted by molar-refractivity contribution is -0.140. The third-order valence-electron chi connectivity index (χ3n) is 2.98. The van der Waals surface area contributed by atoms with Crippen LogP contribution in [0.2, 0.25) is 0 Å². The monoisotopic (exact) mass is 299 g/mol. The van der Waals surface area contributed by atoms with E-state index in [0.29, 0.717) is 6.42 Å². The van der Waals surface area contributed by atoms with Gasteiger partial charge in [-0.3, -0.25) is 4.79 Å². The number of carbonyl (C=O) groups excluding carboxylic acids is 1. The summed E-state index contributed by atoms with van der Waals surface area (Å²) in [6.45, 7) is 4.01. The van der Waals surface area contributed by atoms with Gasteiger partial charge in [0.05, 0.1) is 12.0 Å². The zero-order valence-electron chi connectivity index (χ0n) is 12.3. The molecule has 5 nitrogen and oxygen atoms in total. The highest BCUT2D eigenvalue weighted by Crippen LogP contribution is 2.18. The van der Waals surface area contributed by atoms with E-state index in [4.69, 9.17) is 0 Å². The molecular formula is C14H21NO4S.